The van der Waals surface area contributed by atoms with Crippen molar-refractivity contribution >= 4 is 26.6 Å². The Morgan fingerprint density at radius 3 is 2.67 bits per heavy atom. The van der Waals surface area contributed by atoms with Crippen LogP contribution in [0.5, 0.6) is 0 Å². The van der Waals surface area contributed by atoms with Crippen molar-refractivity contribution < 1.29 is 12.8 Å². The van der Waals surface area contributed by atoms with Gasteiger partial charge in [0.15, 0.2) is 5.58 Å². The van der Waals surface area contributed by atoms with Gasteiger partial charge in [0.05, 0.1) is 5.75 Å². The zero-order chi connectivity index (χ0) is 14.9. The van der Waals surface area contributed by atoms with Crippen molar-refractivity contribution in [3.8, 4) is 0 Å². The first-order valence-electron chi connectivity index (χ1n) is 6.32. The molecule has 0 unspecified atom stereocenters. The standard InChI is InChI=1S/C14H13N3O3S/c15-11-1-2-12-13(9-11)20-14(17-12)21(18,19)8-5-10-3-6-16-7-4-10/h1-4,6-7,9H,5,8,15H2. The number of nitrogen functional groups attached to an aromatic ring is 1. The summed E-state index contributed by atoms with van der Waals surface area (Å²) >= 11 is 0. The van der Waals surface area contributed by atoms with Gasteiger partial charge in [0.1, 0.15) is 5.52 Å². The first-order valence-corrected chi connectivity index (χ1v) is 7.97. The molecule has 0 spiro atoms. The number of hydrogen-bond acceptors (Lipinski definition) is 6. The molecule has 1 aromatic carbocycles. The quantitative estimate of drug-likeness (QED) is 0.738. The van der Waals surface area contributed by atoms with Crippen LogP contribution >= 0.6 is 0 Å². The molecule has 0 aliphatic rings. The number of pyridine rings is 1. The molecule has 0 fully saturated rings. The van der Waals surface area contributed by atoms with Crippen molar-refractivity contribution in [2.75, 3.05) is 11.5 Å². The van der Waals surface area contributed by atoms with Crippen molar-refractivity contribution in [1.29, 1.82) is 0 Å². The van der Waals surface area contributed by atoms with Crippen molar-refractivity contribution in [3.63, 3.8) is 0 Å². The lowest BCUT2D eigenvalue weighted by Crippen LogP contribution is -2.09. The Labute approximate surface area is 121 Å². The summed E-state index contributed by atoms with van der Waals surface area (Å²) in [4.78, 5) is 7.91. The van der Waals surface area contributed by atoms with Gasteiger partial charge in [-0.1, -0.05) is 0 Å². The minimum atomic E-state index is -3.57. The molecular weight excluding hydrogens is 290 g/mol. The third-order valence-electron chi connectivity index (χ3n) is 3.07. The Hall–Kier alpha value is -2.41. The zero-order valence-corrected chi connectivity index (χ0v) is 11.9. The number of nitrogens with two attached hydrogens (primary N) is 1. The van der Waals surface area contributed by atoms with Gasteiger partial charge in [-0.15, -0.1) is 0 Å². The minimum Gasteiger partial charge on any atom is -0.428 e. The summed E-state index contributed by atoms with van der Waals surface area (Å²) in [6.07, 6.45) is 3.64. The molecule has 2 heterocycles. The van der Waals surface area contributed by atoms with Gasteiger partial charge in [-0.05, 0) is 36.2 Å². The van der Waals surface area contributed by atoms with Crippen LogP contribution in [0.3, 0.4) is 0 Å². The minimum absolute atomic E-state index is 0.0701. The fourth-order valence-electron chi connectivity index (χ4n) is 1.94. The number of oxazole rings is 1. The number of anilines is 1. The first-order chi connectivity index (χ1) is 10.0. The van der Waals surface area contributed by atoms with Gasteiger partial charge in [0.2, 0.25) is 9.84 Å². The average Bonchev–Trinajstić information content (AvgIpc) is 2.90. The van der Waals surface area contributed by atoms with Crippen LogP contribution in [0.2, 0.25) is 0 Å². The topological polar surface area (TPSA) is 99.1 Å². The highest BCUT2D eigenvalue weighted by atomic mass is 32.2. The molecule has 0 radical (unpaired) electrons. The van der Waals surface area contributed by atoms with Crippen molar-refractivity contribution in [2.24, 2.45) is 0 Å². The van der Waals surface area contributed by atoms with E-state index in [9.17, 15) is 8.42 Å². The molecule has 108 valence electrons. The van der Waals surface area contributed by atoms with E-state index < -0.39 is 9.84 Å². The molecule has 3 aromatic rings. The van der Waals surface area contributed by atoms with E-state index in [1.807, 2.05) is 0 Å². The fourth-order valence-corrected chi connectivity index (χ4v) is 3.08. The van der Waals surface area contributed by atoms with Crippen LogP contribution in [0, 0.1) is 0 Å². The van der Waals surface area contributed by atoms with E-state index in [0.29, 0.717) is 23.2 Å². The fraction of sp³-hybridized carbons (Fsp3) is 0.143. The van der Waals surface area contributed by atoms with Crippen LogP contribution in [0.15, 0.2) is 52.4 Å². The lowest BCUT2D eigenvalue weighted by molar-refractivity contribution is 0.458. The Kier molecular flexibility index (Phi) is 3.34. The molecule has 0 aliphatic heterocycles. The molecule has 6 nitrogen and oxygen atoms in total. The van der Waals surface area contributed by atoms with Gasteiger partial charge in [-0.25, -0.2) is 8.42 Å². The number of aryl methyl sites for hydroxylation is 1. The van der Waals surface area contributed by atoms with Crippen LogP contribution in [0.25, 0.3) is 11.1 Å². The summed E-state index contributed by atoms with van der Waals surface area (Å²) in [5.74, 6) is -0.0701. The Balaban J connectivity index is 1.86. The second kappa shape index (κ2) is 5.17. The molecule has 21 heavy (non-hydrogen) atoms. The number of benzene rings is 1. The summed E-state index contributed by atoms with van der Waals surface area (Å²) in [6.45, 7) is 0. The predicted octanol–water partition coefficient (Wildman–Crippen LogP) is 1.82. The molecule has 0 aliphatic carbocycles. The molecule has 2 aromatic heterocycles. The molecule has 0 saturated heterocycles. The van der Waals surface area contributed by atoms with Gasteiger partial charge in [-0.3, -0.25) is 4.98 Å². The van der Waals surface area contributed by atoms with E-state index in [1.54, 1.807) is 42.7 Å². The third kappa shape index (κ3) is 2.87. The van der Waals surface area contributed by atoms with Gasteiger partial charge >= 0.3 is 5.22 Å². The normalized spacial score (nSPS) is 11.8. The molecule has 0 atom stereocenters. The Morgan fingerprint density at radius 2 is 1.90 bits per heavy atom. The highest BCUT2D eigenvalue weighted by molar-refractivity contribution is 7.91. The summed E-state index contributed by atoms with van der Waals surface area (Å²) < 4.78 is 29.8. The summed E-state index contributed by atoms with van der Waals surface area (Å²) in [5.41, 5.74) is 7.88. The van der Waals surface area contributed by atoms with E-state index >= 15 is 0 Å². The number of fused-ring (bicyclic) bond motifs is 1. The summed E-state index contributed by atoms with van der Waals surface area (Å²) in [7, 11) is -3.57. The van der Waals surface area contributed by atoms with Crippen LogP contribution in [-0.4, -0.2) is 24.1 Å². The van der Waals surface area contributed by atoms with Gasteiger partial charge in [0.25, 0.3) is 0 Å². The molecular formula is C14H13N3O3S. The van der Waals surface area contributed by atoms with Crippen LogP contribution in [0.4, 0.5) is 5.69 Å². The van der Waals surface area contributed by atoms with E-state index in [2.05, 4.69) is 9.97 Å². The van der Waals surface area contributed by atoms with Crippen molar-refractivity contribution in [1.82, 2.24) is 9.97 Å². The van der Waals surface area contributed by atoms with Gasteiger partial charge in [-0.2, -0.15) is 4.98 Å². The number of sulfone groups is 1. The maximum atomic E-state index is 12.3. The summed E-state index contributed by atoms with van der Waals surface area (Å²) in [6, 6.07) is 8.41. The van der Waals surface area contributed by atoms with Gasteiger partial charge in [0, 0.05) is 24.1 Å². The second-order valence-electron chi connectivity index (χ2n) is 4.63. The molecule has 3 rings (SSSR count). The van der Waals surface area contributed by atoms with Crippen molar-refractivity contribution in [3.05, 3.63) is 48.3 Å². The Morgan fingerprint density at radius 1 is 1.14 bits per heavy atom. The number of nitrogens with zero attached hydrogens (tertiary/aromatic N) is 2. The lowest BCUT2D eigenvalue weighted by Gasteiger charge is -2.00. The number of aromatic nitrogens is 2. The predicted molar refractivity (Wildman–Crippen MR) is 78.4 cm³/mol. The lowest BCUT2D eigenvalue weighted by atomic mass is 10.2. The number of hydrogen-bond donors (Lipinski definition) is 1. The molecule has 7 heteroatoms. The van der Waals surface area contributed by atoms with Crippen LogP contribution in [-0.2, 0) is 16.3 Å². The third-order valence-corrected chi connectivity index (χ3v) is 4.52. The van der Waals surface area contributed by atoms with E-state index in [1.165, 1.54) is 0 Å². The Bertz CT molecular complexity index is 873. The second-order valence-corrected chi connectivity index (χ2v) is 6.62. The number of rotatable bonds is 4. The molecule has 2 N–H and O–H groups in total. The highest BCUT2D eigenvalue weighted by Gasteiger charge is 2.21. The maximum Gasteiger partial charge on any atom is 0.316 e. The maximum absolute atomic E-state index is 12.3. The molecule has 0 amide bonds. The monoisotopic (exact) mass is 303 g/mol. The zero-order valence-electron chi connectivity index (χ0n) is 11.1. The van der Waals surface area contributed by atoms with Crippen LogP contribution < -0.4 is 5.73 Å². The SMILES string of the molecule is Nc1ccc2nc(S(=O)(=O)CCc3ccncc3)oc2c1. The van der Waals surface area contributed by atoms with E-state index in [4.69, 9.17) is 10.2 Å². The average molecular weight is 303 g/mol. The van der Waals surface area contributed by atoms with Crippen molar-refractivity contribution in [2.45, 2.75) is 11.6 Å². The van der Waals surface area contributed by atoms with Gasteiger partial charge < -0.3 is 10.2 Å². The smallest absolute Gasteiger partial charge is 0.316 e. The summed E-state index contributed by atoms with van der Waals surface area (Å²) in [5, 5.41) is -0.267. The van der Waals surface area contributed by atoms with Crippen LogP contribution in [0.1, 0.15) is 5.56 Å². The highest BCUT2D eigenvalue weighted by Crippen LogP contribution is 2.22. The molecule has 0 saturated carbocycles. The molecule has 0 bridgehead atoms. The first kappa shape index (κ1) is 13.6. The largest absolute Gasteiger partial charge is 0.428 e. The van der Waals surface area contributed by atoms with E-state index in [0.717, 1.165) is 5.56 Å². The van der Waals surface area contributed by atoms with E-state index in [-0.39, 0.29) is 11.0 Å².